The van der Waals surface area contributed by atoms with Crippen LogP contribution >= 0.6 is 0 Å². The van der Waals surface area contributed by atoms with Crippen molar-refractivity contribution in [2.24, 2.45) is 0 Å². The number of hydrogen-bond acceptors (Lipinski definition) is 3. The van der Waals surface area contributed by atoms with E-state index in [4.69, 9.17) is 4.98 Å². The van der Waals surface area contributed by atoms with Gasteiger partial charge in [0.25, 0.3) is 0 Å². The van der Waals surface area contributed by atoms with Gasteiger partial charge in [-0.15, -0.1) is 0 Å². The highest BCUT2D eigenvalue weighted by Crippen LogP contribution is 2.29. The predicted octanol–water partition coefficient (Wildman–Crippen LogP) is 5.04. The van der Waals surface area contributed by atoms with Gasteiger partial charge in [-0.2, -0.15) is 0 Å². The van der Waals surface area contributed by atoms with Gasteiger partial charge in [-0.25, -0.2) is 9.37 Å². The van der Waals surface area contributed by atoms with E-state index in [0.717, 1.165) is 50.8 Å². The molecular weight excluding hydrogens is 365 g/mol. The van der Waals surface area contributed by atoms with E-state index in [1.807, 2.05) is 0 Å². The van der Waals surface area contributed by atoms with Gasteiger partial charge in [0.1, 0.15) is 11.6 Å². The summed E-state index contributed by atoms with van der Waals surface area (Å²) in [7, 11) is 0. The number of benzene rings is 2. The van der Waals surface area contributed by atoms with Crippen LogP contribution in [-0.4, -0.2) is 39.9 Å². The van der Waals surface area contributed by atoms with E-state index in [1.165, 1.54) is 23.5 Å². The Balaban J connectivity index is 1.30. The van der Waals surface area contributed by atoms with E-state index in [-0.39, 0.29) is 11.6 Å². The lowest BCUT2D eigenvalue weighted by molar-refractivity contribution is 0.0970. The summed E-state index contributed by atoms with van der Waals surface area (Å²) in [5.41, 5.74) is 2.93. The van der Waals surface area contributed by atoms with Crippen LogP contribution in [0.15, 0.2) is 48.5 Å². The Morgan fingerprint density at radius 3 is 2.55 bits per heavy atom. The Morgan fingerprint density at radius 2 is 1.83 bits per heavy atom. The maximum Gasteiger partial charge on any atom is 0.162 e. The molecule has 0 saturated carbocycles. The molecule has 0 unspecified atom stereocenters. The second kappa shape index (κ2) is 8.87. The first-order valence-electron chi connectivity index (χ1n) is 10.6. The Hall–Kier alpha value is -2.53. The topological polar surface area (TPSA) is 38.1 Å². The lowest BCUT2D eigenvalue weighted by Gasteiger charge is -2.33. The van der Waals surface area contributed by atoms with E-state index < -0.39 is 0 Å². The number of imidazole rings is 1. The van der Waals surface area contributed by atoms with Crippen LogP contribution < -0.4 is 0 Å². The number of carbonyl (C=O) groups excluding carboxylic acids is 1. The van der Waals surface area contributed by atoms with E-state index >= 15 is 0 Å². The van der Waals surface area contributed by atoms with E-state index in [0.29, 0.717) is 18.0 Å². The Bertz CT molecular complexity index is 971. The molecule has 4 nitrogen and oxygen atoms in total. The summed E-state index contributed by atoms with van der Waals surface area (Å²) in [6.07, 6.45) is 4.52. The molecule has 0 spiro atoms. The van der Waals surface area contributed by atoms with Crippen molar-refractivity contribution in [2.75, 3.05) is 19.6 Å². The second-order valence-corrected chi connectivity index (χ2v) is 7.85. The lowest BCUT2D eigenvalue weighted by Crippen LogP contribution is -2.35. The van der Waals surface area contributed by atoms with Crippen LogP contribution in [0.4, 0.5) is 4.39 Å². The van der Waals surface area contributed by atoms with Crippen LogP contribution in [-0.2, 0) is 6.42 Å². The molecule has 1 fully saturated rings. The van der Waals surface area contributed by atoms with E-state index in [2.05, 4.69) is 40.7 Å². The number of nitrogens with zero attached hydrogens (tertiary/aromatic N) is 3. The number of hydrogen-bond donors (Lipinski definition) is 0. The zero-order valence-corrected chi connectivity index (χ0v) is 17.0. The van der Waals surface area contributed by atoms with Crippen LogP contribution in [0.3, 0.4) is 0 Å². The Kier molecular flexibility index (Phi) is 6.05. The van der Waals surface area contributed by atoms with Crippen molar-refractivity contribution >= 4 is 16.8 Å². The van der Waals surface area contributed by atoms with E-state index in [1.54, 1.807) is 12.1 Å². The first kappa shape index (κ1) is 19.8. The van der Waals surface area contributed by atoms with Crippen molar-refractivity contribution in [1.82, 2.24) is 14.5 Å². The summed E-state index contributed by atoms with van der Waals surface area (Å²) in [5, 5.41) is 0. The number of Topliss-reactive ketones (excluding diaryl/α,β-unsaturated/α-hetero) is 1. The highest BCUT2D eigenvalue weighted by atomic mass is 19.1. The first-order chi connectivity index (χ1) is 14.2. The fourth-order valence-electron chi connectivity index (χ4n) is 4.40. The molecule has 1 aliphatic rings. The molecule has 1 aromatic heterocycles. The maximum atomic E-state index is 13.0. The van der Waals surface area contributed by atoms with Gasteiger partial charge >= 0.3 is 0 Å². The average Bonchev–Trinajstić information content (AvgIpc) is 3.13. The quantitative estimate of drug-likeness (QED) is 0.528. The number of aryl methyl sites for hydroxylation is 1. The van der Waals surface area contributed by atoms with Crippen molar-refractivity contribution in [1.29, 1.82) is 0 Å². The molecule has 1 saturated heterocycles. The molecule has 4 rings (SSSR count). The minimum absolute atomic E-state index is 0.0948. The molecule has 0 radical (unpaired) electrons. The Morgan fingerprint density at radius 1 is 1.10 bits per heavy atom. The van der Waals surface area contributed by atoms with Crippen LogP contribution in [0.5, 0.6) is 0 Å². The molecule has 5 heteroatoms. The molecule has 29 heavy (non-hydrogen) atoms. The highest BCUT2D eigenvalue weighted by molar-refractivity contribution is 5.95. The van der Waals surface area contributed by atoms with Crippen LogP contribution in [0.1, 0.15) is 54.8 Å². The SMILES string of the molecule is CCc1nc2ccccc2n1C1CCN(CCCC(=O)c2ccc(F)cc2)CC1. The fraction of sp³-hybridized carbons (Fsp3) is 0.417. The van der Waals surface area contributed by atoms with Crippen LogP contribution in [0.2, 0.25) is 0 Å². The molecule has 152 valence electrons. The van der Waals surface area contributed by atoms with Gasteiger partial charge < -0.3 is 9.47 Å². The number of fused-ring (bicyclic) bond motifs is 1. The minimum Gasteiger partial charge on any atom is -0.325 e. The monoisotopic (exact) mass is 393 g/mol. The minimum atomic E-state index is -0.304. The molecular formula is C24H28FN3O. The van der Waals surface area contributed by atoms with Crippen molar-refractivity contribution in [3.8, 4) is 0 Å². The third-order valence-electron chi connectivity index (χ3n) is 5.95. The maximum absolute atomic E-state index is 13.0. The fourth-order valence-corrected chi connectivity index (χ4v) is 4.40. The van der Waals surface area contributed by atoms with Crippen molar-refractivity contribution in [2.45, 2.75) is 45.1 Å². The molecule has 2 heterocycles. The normalized spacial score (nSPS) is 15.8. The highest BCUT2D eigenvalue weighted by Gasteiger charge is 2.24. The summed E-state index contributed by atoms with van der Waals surface area (Å²) < 4.78 is 15.4. The zero-order valence-electron chi connectivity index (χ0n) is 17.0. The molecule has 0 aliphatic carbocycles. The largest absolute Gasteiger partial charge is 0.325 e. The molecule has 0 N–H and O–H groups in total. The van der Waals surface area contributed by atoms with Gasteiger partial charge in [-0.3, -0.25) is 4.79 Å². The molecule has 1 aliphatic heterocycles. The third-order valence-corrected chi connectivity index (χ3v) is 5.95. The third kappa shape index (κ3) is 4.40. The van der Waals surface area contributed by atoms with E-state index in [9.17, 15) is 9.18 Å². The summed E-state index contributed by atoms with van der Waals surface area (Å²) in [6.45, 7) is 5.20. The summed E-state index contributed by atoms with van der Waals surface area (Å²) in [6, 6.07) is 14.8. The number of carbonyl (C=O) groups is 1. The standard InChI is InChI=1S/C24H28FN3O/c1-2-24-26-21-6-3-4-7-22(21)28(24)20-13-16-27(17-14-20)15-5-8-23(29)18-9-11-19(25)12-10-18/h3-4,6-7,9-12,20H,2,5,8,13-17H2,1H3. The van der Waals surface area contributed by atoms with Crippen molar-refractivity contribution in [3.05, 3.63) is 65.7 Å². The summed E-state index contributed by atoms with van der Waals surface area (Å²) in [5.74, 6) is 0.966. The second-order valence-electron chi connectivity index (χ2n) is 7.85. The first-order valence-corrected chi connectivity index (χ1v) is 10.6. The smallest absolute Gasteiger partial charge is 0.162 e. The van der Waals surface area contributed by atoms with Gasteiger partial charge in [0.05, 0.1) is 11.0 Å². The number of halogens is 1. The average molecular weight is 394 g/mol. The Labute approximate surface area is 171 Å². The molecule has 0 atom stereocenters. The van der Waals surface area contributed by atoms with Crippen molar-refractivity contribution in [3.63, 3.8) is 0 Å². The number of para-hydroxylation sites is 2. The molecule has 0 bridgehead atoms. The number of ketones is 1. The van der Waals surface area contributed by atoms with Crippen molar-refractivity contribution < 1.29 is 9.18 Å². The number of aromatic nitrogens is 2. The van der Waals surface area contributed by atoms with Crippen LogP contribution in [0.25, 0.3) is 11.0 Å². The molecule has 0 amide bonds. The predicted molar refractivity (Wildman–Crippen MR) is 114 cm³/mol. The molecule has 3 aromatic rings. The summed E-state index contributed by atoms with van der Waals surface area (Å²) in [4.78, 5) is 19.5. The molecule has 2 aromatic carbocycles. The summed E-state index contributed by atoms with van der Waals surface area (Å²) >= 11 is 0. The lowest BCUT2D eigenvalue weighted by atomic mass is 10.0. The van der Waals surface area contributed by atoms with Gasteiger partial charge in [0.2, 0.25) is 0 Å². The number of likely N-dealkylation sites (tertiary alicyclic amines) is 1. The van der Waals surface area contributed by atoms with Gasteiger partial charge in [0.15, 0.2) is 5.78 Å². The number of piperidine rings is 1. The van der Waals surface area contributed by atoms with Gasteiger partial charge in [-0.1, -0.05) is 19.1 Å². The van der Waals surface area contributed by atoms with Crippen LogP contribution in [0, 0.1) is 5.82 Å². The number of rotatable bonds is 7. The zero-order chi connectivity index (χ0) is 20.2. The van der Waals surface area contributed by atoms with Gasteiger partial charge in [0, 0.05) is 37.5 Å². The van der Waals surface area contributed by atoms with Gasteiger partial charge in [-0.05, 0) is 62.2 Å².